The summed E-state index contributed by atoms with van der Waals surface area (Å²) in [7, 11) is 0. The smallest absolute Gasteiger partial charge is 0.272 e. The summed E-state index contributed by atoms with van der Waals surface area (Å²) in [5, 5.41) is 14.1. The van der Waals surface area contributed by atoms with Crippen molar-refractivity contribution in [2.45, 2.75) is 18.6 Å². The summed E-state index contributed by atoms with van der Waals surface area (Å²) in [6.07, 6.45) is 2.99. The Morgan fingerprint density at radius 1 is 1.19 bits per heavy atom. The number of likely N-dealkylation sites (tertiary alicyclic amines) is 1. The summed E-state index contributed by atoms with van der Waals surface area (Å²) in [6.45, 7) is 0.595. The van der Waals surface area contributed by atoms with E-state index in [2.05, 4.69) is 20.3 Å². The van der Waals surface area contributed by atoms with Crippen LogP contribution in [0.3, 0.4) is 0 Å². The highest BCUT2D eigenvalue weighted by Gasteiger charge is 2.31. The van der Waals surface area contributed by atoms with E-state index in [0.717, 1.165) is 0 Å². The van der Waals surface area contributed by atoms with Gasteiger partial charge in [0.2, 0.25) is 5.95 Å². The van der Waals surface area contributed by atoms with Crippen molar-refractivity contribution in [1.29, 1.82) is 0 Å². The van der Waals surface area contributed by atoms with E-state index in [0.29, 0.717) is 24.3 Å². The summed E-state index contributed by atoms with van der Waals surface area (Å²) < 4.78 is 13.9. The van der Waals surface area contributed by atoms with Gasteiger partial charge in [0, 0.05) is 30.9 Å². The zero-order valence-corrected chi connectivity index (χ0v) is 14.4. The van der Waals surface area contributed by atoms with E-state index >= 15 is 0 Å². The Balaban J connectivity index is 1.47. The number of aliphatic hydroxyl groups is 1. The van der Waals surface area contributed by atoms with Gasteiger partial charge in [0.15, 0.2) is 0 Å². The van der Waals surface area contributed by atoms with Crippen LogP contribution in [-0.2, 0) is 0 Å². The lowest BCUT2D eigenvalue weighted by Gasteiger charge is -2.36. The van der Waals surface area contributed by atoms with Gasteiger partial charge in [-0.3, -0.25) is 4.79 Å². The molecule has 7 nitrogen and oxygen atoms in total. The van der Waals surface area contributed by atoms with Gasteiger partial charge in [-0.2, -0.15) is 0 Å². The second-order valence-electron chi connectivity index (χ2n) is 6.44. The second-order valence-corrected chi connectivity index (χ2v) is 6.44. The predicted octanol–water partition coefficient (Wildman–Crippen LogP) is 1.85. The molecule has 1 fully saturated rings. The lowest BCUT2D eigenvalue weighted by molar-refractivity contribution is 0.0421. The summed E-state index contributed by atoms with van der Waals surface area (Å²) in [5.74, 6) is -0.352. The Morgan fingerprint density at radius 2 is 2.00 bits per heavy atom. The van der Waals surface area contributed by atoms with E-state index < -0.39 is 11.9 Å². The van der Waals surface area contributed by atoms with Crippen LogP contribution in [0.5, 0.6) is 0 Å². The van der Waals surface area contributed by atoms with Gasteiger partial charge in [-0.05, 0) is 24.6 Å². The van der Waals surface area contributed by atoms with Gasteiger partial charge in [0.25, 0.3) is 5.91 Å². The maximum absolute atomic E-state index is 13.9. The summed E-state index contributed by atoms with van der Waals surface area (Å²) in [5.41, 5.74) is 0.333. The van der Waals surface area contributed by atoms with Crippen LogP contribution in [0, 0.1) is 5.82 Å². The molecule has 0 radical (unpaired) electrons. The number of β-amino-alcohol motifs (C(OH)–C–C–N with tert-alkyl or cyclic N) is 1. The van der Waals surface area contributed by atoms with Crippen LogP contribution >= 0.6 is 0 Å². The minimum Gasteiger partial charge on any atom is -0.389 e. The summed E-state index contributed by atoms with van der Waals surface area (Å²) >= 11 is 0. The van der Waals surface area contributed by atoms with E-state index in [1.54, 1.807) is 42.7 Å². The van der Waals surface area contributed by atoms with Crippen molar-refractivity contribution >= 4 is 22.8 Å². The second kappa shape index (κ2) is 7.24. The average Bonchev–Trinajstić information content (AvgIpc) is 2.70. The molecule has 1 amide bonds. The van der Waals surface area contributed by atoms with Gasteiger partial charge in [-0.1, -0.05) is 18.2 Å². The van der Waals surface area contributed by atoms with Crippen molar-refractivity contribution in [2.24, 2.45) is 0 Å². The molecule has 4 rings (SSSR count). The molecule has 8 heteroatoms. The standard InChI is InChI=1S/C19H18FN5O2/c20-13-4-1-3-12-5-6-15(23-17(12)13)18(27)25-10-7-14(16(26)11-25)24-19-21-8-2-9-22-19/h1-6,8-9,14,16,26H,7,10-11H2,(H,21,22,24)/t14-,16-/m1/s1. The quantitative estimate of drug-likeness (QED) is 0.734. The number of nitrogens with zero attached hydrogens (tertiary/aromatic N) is 4. The van der Waals surface area contributed by atoms with Crippen LogP contribution < -0.4 is 5.32 Å². The van der Waals surface area contributed by atoms with Crippen LogP contribution in [0.25, 0.3) is 10.9 Å². The van der Waals surface area contributed by atoms with E-state index in [9.17, 15) is 14.3 Å². The van der Waals surface area contributed by atoms with Gasteiger partial charge in [0.05, 0.1) is 12.1 Å². The van der Waals surface area contributed by atoms with Crippen molar-refractivity contribution < 1.29 is 14.3 Å². The number of hydrogen-bond donors (Lipinski definition) is 2. The van der Waals surface area contributed by atoms with E-state index in [1.807, 2.05) is 0 Å². The molecule has 0 aliphatic carbocycles. The monoisotopic (exact) mass is 367 g/mol. The number of fused-ring (bicyclic) bond motifs is 1. The lowest BCUT2D eigenvalue weighted by atomic mass is 10.0. The third kappa shape index (κ3) is 3.56. The molecule has 1 aliphatic heterocycles. The molecule has 3 heterocycles. The number of aromatic nitrogens is 3. The first kappa shape index (κ1) is 17.3. The number of aliphatic hydroxyl groups excluding tert-OH is 1. The number of carbonyl (C=O) groups excluding carboxylic acids is 1. The molecule has 0 bridgehead atoms. The number of rotatable bonds is 3. The molecule has 1 aromatic carbocycles. The molecule has 2 atom stereocenters. The van der Waals surface area contributed by atoms with Crippen LogP contribution in [0.4, 0.5) is 10.3 Å². The largest absolute Gasteiger partial charge is 0.389 e. The number of benzene rings is 1. The zero-order chi connectivity index (χ0) is 18.8. The number of pyridine rings is 1. The maximum atomic E-state index is 13.9. The van der Waals surface area contributed by atoms with Gasteiger partial charge >= 0.3 is 0 Å². The van der Waals surface area contributed by atoms with Crippen molar-refractivity contribution in [3.63, 3.8) is 0 Å². The number of amides is 1. The Kier molecular flexibility index (Phi) is 4.64. The number of hydrogen-bond acceptors (Lipinski definition) is 6. The molecule has 1 aliphatic rings. The first-order chi connectivity index (χ1) is 13.1. The molecule has 3 aromatic rings. The molecule has 0 spiro atoms. The van der Waals surface area contributed by atoms with Crippen molar-refractivity contribution in [3.8, 4) is 0 Å². The minimum absolute atomic E-state index is 0.153. The zero-order valence-electron chi connectivity index (χ0n) is 14.4. The number of carbonyl (C=O) groups is 1. The minimum atomic E-state index is -0.774. The van der Waals surface area contributed by atoms with E-state index in [4.69, 9.17) is 0 Å². The third-order valence-electron chi connectivity index (χ3n) is 4.64. The van der Waals surface area contributed by atoms with Gasteiger partial charge in [-0.25, -0.2) is 19.3 Å². The summed E-state index contributed by atoms with van der Waals surface area (Å²) in [6, 6.07) is 9.38. The third-order valence-corrected chi connectivity index (χ3v) is 4.64. The number of piperidine rings is 1. The SMILES string of the molecule is O=C(c1ccc2cccc(F)c2n1)N1CC[C@@H](Nc2ncccn2)[C@H](O)C1. The van der Waals surface area contributed by atoms with E-state index in [-0.39, 0.29) is 29.7 Å². The molecular formula is C19H18FN5O2. The Morgan fingerprint density at radius 3 is 2.78 bits per heavy atom. The fraction of sp³-hybridized carbons (Fsp3) is 0.263. The highest BCUT2D eigenvalue weighted by molar-refractivity contribution is 5.95. The lowest BCUT2D eigenvalue weighted by Crippen LogP contribution is -2.51. The number of halogens is 1. The summed E-state index contributed by atoms with van der Waals surface area (Å²) in [4.78, 5) is 26.6. The molecule has 1 saturated heterocycles. The predicted molar refractivity (Wildman–Crippen MR) is 97.7 cm³/mol. The van der Waals surface area contributed by atoms with Crippen LogP contribution in [0.15, 0.2) is 48.8 Å². The van der Waals surface area contributed by atoms with E-state index in [1.165, 1.54) is 11.0 Å². The van der Waals surface area contributed by atoms with Crippen LogP contribution in [0.1, 0.15) is 16.9 Å². The number of nitrogens with one attached hydrogen (secondary N) is 1. The Bertz CT molecular complexity index is 969. The molecule has 2 N–H and O–H groups in total. The fourth-order valence-electron chi connectivity index (χ4n) is 3.22. The van der Waals surface area contributed by atoms with Crippen molar-refractivity contribution in [1.82, 2.24) is 19.9 Å². The Hall–Kier alpha value is -3.13. The Labute approximate surface area is 154 Å². The molecule has 2 aromatic heterocycles. The first-order valence-corrected chi connectivity index (χ1v) is 8.68. The molecule has 27 heavy (non-hydrogen) atoms. The number of para-hydroxylation sites is 1. The average molecular weight is 367 g/mol. The van der Waals surface area contributed by atoms with Crippen molar-refractivity contribution in [3.05, 3.63) is 60.3 Å². The van der Waals surface area contributed by atoms with Gasteiger partial charge < -0.3 is 15.3 Å². The molecule has 0 saturated carbocycles. The van der Waals surface area contributed by atoms with Crippen LogP contribution in [-0.4, -0.2) is 56.1 Å². The molecule has 138 valence electrons. The fourth-order valence-corrected chi connectivity index (χ4v) is 3.22. The topological polar surface area (TPSA) is 91.2 Å². The normalized spacial score (nSPS) is 19.9. The highest BCUT2D eigenvalue weighted by atomic mass is 19.1. The highest BCUT2D eigenvalue weighted by Crippen LogP contribution is 2.19. The molecule has 0 unspecified atom stereocenters. The first-order valence-electron chi connectivity index (χ1n) is 8.68. The van der Waals surface area contributed by atoms with Crippen molar-refractivity contribution in [2.75, 3.05) is 18.4 Å². The van der Waals surface area contributed by atoms with Gasteiger partial charge in [-0.15, -0.1) is 0 Å². The van der Waals surface area contributed by atoms with Crippen LogP contribution in [0.2, 0.25) is 0 Å². The van der Waals surface area contributed by atoms with Gasteiger partial charge in [0.1, 0.15) is 17.0 Å². The number of anilines is 1. The maximum Gasteiger partial charge on any atom is 0.272 e. The molecular weight excluding hydrogens is 349 g/mol.